The maximum atomic E-state index is 12.3. The van der Waals surface area contributed by atoms with Crippen LogP contribution in [0.2, 0.25) is 5.02 Å². The zero-order valence-corrected chi connectivity index (χ0v) is 15.2. The van der Waals surface area contributed by atoms with Crippen LogP contribution in [-0.4, -0.2) is 25.5 Å². The normalized spacial score (nSPS) is 10.4. The number of rotatable bonds is 6. The van der Waals surface area contributed by atoms with Crippen molar-refractivity contribution in [1.82, 2.24) is 5.32 Å². The van der Waals surface area contributed by atoms with Gasteiger partial charge in [0.2, 0.25) is 0 Å². The van der Waals surface area contributed by atoms with Crippen molar-refractivity contribution in [3.63, 3.8) is 0 Å². The molecule has 0 saturated carbocycles. The zero-order chi connectivity index (χ0) is 18.4. The first-order valence-electron chi connectivity index (χ1n) is 7.94. The van der Waals surface area contributed by atoms with Crippen molar-refractivity contribution in [3.8, 4) is 5.75 Å². The molecular weight excluding hydrogens is 340 g/mol. The van der Waals surface area contributed by atoms with Crippen molar-refractivity contribution in [2.75, 3.05) is 19.0 Å². The van der Waals surface area contributed by atoms with Crippen LogP contribution in [0.3, 0.4) is 0 Å². The molecule has 0 aliphatic rings. The first kappa shape index (κ1) is 18.8. The van der Waals surface area contributed by atoms with Gasteiger partial charge in [-0.05, 0) is 48.4 Å². The third kappa shape index (κ3) is 5.22. The summed E-state index contributed by atoms with van der Waals surface area (Å²) in [5, 5.41) is 6.01. The number of hydrogen-bond acceptors (Lipinski definition) is 3. The largest absolute Gasteiger partial charge is 0.495 e. The first-order valence-corrected chi connectivity index (χ1v) is 8.31. The van der Waals surface area contributed by atoms with E-state index in [1.165, 1.54) is 7.11 Å². The van der Waals surface area contributed by atoms with E-state index in [0.717, 1.165) is 0 Å². The minimum Gasteiger partial charge on any atom is -0.495 e. The van der Waals surface area contributed by atoms with E-state index in [2.05, 4.69) is 10.6 Å². The van der Waals surface area contributed by atoms with Gasteiger partial charge in [0.25, 0.3) is 11.8 Å². The molecule has 0 unspecified atom stereocenters. The van der Waals surface area contributed by atoms with Gasteiger partial charge in [0.1, 0.15) is 5.75 Å². The molecule has 2 rings (SSSR count). The Labute approximate surface area is 152 Å². The molecule has 2 aromatic rings. The van der Waals surface area contributed by atoms with Crippen LogP contribution in [0.4, 0.5) is 5.69 Å². The van der Waals surface area contributed by atoms with Crippen molar-refractivity contribution < 1.29 is 14.3 Å². The molecule has 0 spiro atoms. The van der Waals surface area contributed by atoms with Crippen LogP contribution in [0.5, 0.6) is 5.75 Å². The van der Waals surface area contributed by atoms with Crippen molar-refractivity contribution in [2.24, 2.45) is 5.92 Å². The Kier molecular flexibility index (Phi) is 6.42. The smallest absolute Gasteiger partial charge is 0.255 e. The summed E-state index contributed by atoms with van der Waals surface area (Å²) in [4.78, 5) is 24.3. The van der Waals surface area contributed by atoms with Gasteiger partial charge in [-0.25, -0.2) is 0 Å². The molecule has 0 aliphatic carbocycles. The molecule has 0 radical (unpaired) electrons. The van der Waals surface area contributed by atoms with Gasteiger partial charge < -0.3 is 15.4 Å². The Balaban J connectivity index is 2.02. The highest BCUT2D eigenvalue weighted by Gasteiger charge is 2.10. The Morgan fingerprint density at radius 3 is 2.16 bits per heavy atom. The van der Waals surface area contributed by atoms with Crippen molar-refractivity contribution in [2.45, 2.75) is 13.8 Å². The van der Waals surface area contributed by atoms with Crippen LogP contribution in [0.25, 0.3) is 0 Å². The fraction of sp³-hybridized carbons (Fsp3) is 0.263. The summed E-state index contributed by atoms with van der Waals surface area (Å²) in [6.07, 6.45) is 0. The minimum absolute atomic E-state index is 0.150. The predicted octanol–water partition coefficient (Wildman–Crippen LogP) is 3.99. The number of carbonyl (C=O) groups excluding carboxylic acids is 2. The molecule has 25 heavy (non-hydrogen) atoms. The lowest BCUT2D eigenvalue weighted by atomic mass is 10.1. The van der Waals surface area contributed by atoms with Gasteiger partial charge in [-0.2, -0.15) is 0 Å². The number of ether oxygens (including phenoxy) is 1. The summed E-state index contributed by atoms with van der Waals surface area (Å²) in [5.41, 5.74) is 1.53. The lowest BCUT2D eigenvalue weighted by molar-refractivity contribution is 0.0947. The van der Waals surface area contributed by atoms with Gasteiger partial charge in [-0.3, -0.25) is 9.59 Å². The summed E-state index contributed by atoms with van der Waals surface area (Å²) < 4.78 is 5.08. The number of methoxy groups -OCH3 is 1. The number of halogens is 1. The third-order valence-corrected chi connectivity index (χ3v) is 3.79. The molecule has 0 atom stereocenters. The van der Waals surface area contributed by atoms with Crippen LogP contribution < -0.4 is 15.4 Å². The molecule has 2 N–H and O–H groups in total. The van der Waals surface area contributed by atoms with Gasteiger partial charge in [0.15, 0.2) is 0 Å². The number of benzene rings is 2. The molecular formula is C19H21ClN2O3. The van der Waals surface area contributed by atoms with E-state index in [4.69, 9.17) is 16.3 Å². The highest BCUT2D eigenvalue weighted by atomic mass is 35.5. The Morgan fingerprint density at radius 2 is 1.64 bits per heavy atom. The number of amides is 2. The second-order valence-corrected chi connectivity index (χ2v) is 6.39. The first-order chi connectivity index (χ1) is 11.9. The highest BCUT2D eigenvalue weighted by molar-refractivity contribution is 6.32. The maximum Gasteiger partial charge on any atom is 0.255 e. The van der Waals surface area contributed by atoms with E-state index >= 15 is 0 Å². The Bertz CT molecular complexity index is 758. The second-order valence-electron chi connectivity index (χ2n) is 5.98. The van der Waals surface area contributed by atoms with Crippen molar-refractivity contribution >= 4 is 29.1 Å². The average molecular weight is 361 g/mol. The van der Waals surface area contributed by atoms with Crippen molar-refractivity contribution in [1.29, 1.82) is 0 Å². The summed E-state index contributed by atoms with van der Waals surface area (Å²) in [6.45, 7) is 4.66. The lowest BCUT2D eigenvalue weighted by Crippen LogP contribution is -2.27. The zero-order valence-electron chi connectivity index (χ0n) is 14.4. The van der Waals surface area contributed by atoms with Crippen LogP contribution in [0.15, 0.2) is 42.5 Å². The van der Waals surface area contributed by atoms with E-state index in [1.807, 2.05) is 13.8 Å². The molecule has 0 heterocycles. The molecule has 5 nitrogen and oxygen atoms in total. The fourth-order valence-electron chi connectivity index (χ4n) is 2.12. The monoisotopic (exact) mass is 360 g/mol. The fourth-order valence-corrected chi connectivity index (χ4v) is 2.38. The second kappa shape index (κ2) is 8.53. The Hall–Kier alpha value is -2.53. The lowest BCUT2D eigenvalue weighted by Gasteiger charge is -2.09. The molecule has 6 heteroatoms. The SMILES string of the molecule is COc1ccc(NC(=O)c2ccc(C(=O)NCC(C)C)cc2)cc1Cl. The van der Waals surface area contributed by atoms with Crippen molar-refractivity contribution in [3.05, 3.63) is 58.6 Å². The standard InChI is InChI=1S/C19H21ClN2O3/c1-12(2)11-21-18(23)13-4-6-14(7-5-13)19(24)22-15-8-9-17(25-3)16(20)10-15/h4-10,12H,11H2,1-3H3,(H,21,23)(H,22,24). The number of nitrogens with one attached hydrogen (secondary N) is 2. The summed E-state index contributed by atoms with van der Waals surface area (Å²) in [5.74, 6) is 0.486. The van der Waals surface area contributed by atoms with Crippen LogP contribution in [0.1, 0.15) is 34.6 Å². The molecule has 0 aliphatic heterocycles. The summed E-state index contributed by atoms with van der Waals surface area (Å²) >= 11 is 6.05. The molecule has 132 valence electrons. The molecule has 0 saturated heterocycles. The van der Waals surface area contributed by atoms with Gasteiger partial charge in [0, 0.05) is 23.4 Å². The number of anilines is 1. The quantitative estimate of drug-likeness (QED) is 0.818. The van der Waals surface area contributed by atoms with E-state index in [1.54, 1.807) is 42.5 Å². The maximum absolute atomic E-state index is 12.3. The predicted molar refractivity (Wildman–Crippen MR) is 99.6 cm³/mol. The highest BCUT2D eigenvalue weighted by Crippen LogP contribution is 2.27. The topological polar surface area (TPSA) is 67.4 Å². The summed E-state index contributed by atoms with van der Waals surface area (Å²) in [7, 11) is 1.53. The number of hydrogen-bond donors (Lipinski definition) is 2. The van der Waals surface area contributed by atoms with Gasteiger partial charge in [0.05, 0.1) is 12.1 Å². The molecule has 2 amide bonds. The minimum atomic E-state index is -0.282. The van der Waals surface area contributed by atoms with Gasteiger partial charge >= 0.3 is 0 Å². The third-order valence-electron chi connectivity index (χ3n) is 3.49. The molecule has 0 aromatic heterocycles. The molecule has 0 fully saturated rings. The van der Waals surface area contributed by atoms with E-state index in [0.29, 0.717) is 40.0 Å². The van der Waals surface area contributed by atoms with Crippen LogP contribution in [0, 0.1) is 5.92 Å². The molecule has 2 aromatic carbocycles. The summed E-state index contributed by atoms with van der Waals surface area (Å²) in [6, 6.07) is 11.5. The van der Waals surface area contributed by atoms with E-state index < -0.39 is 0 Å². The number of carbonyl (C=O) groups is 2. The Morgan fingerprint density at radius 1 is 1.04 bits per heavy atom. The van der Waals surface area contributed by atoms with Gasteiger partial charge in [-0.1, -0.05) is 25.4 Å². The van der Waals surface area contributed by atoms with E-state index in [9.17, 15) is 9.59 Å². The molecule has 0 bridgehead atoms. The van der Waals surface area contributed by atoms with E-state index in [-0.39, 0.29) is 11.8 Å². The van der Waals surface area contributed by atoms with Crippen LogP contribution in [-0.2, 0) is 0 Å². The van der Waals surface area contributed by atoms with Gasteiger partial charge in [-0.15, -0.1) is 0 Å². The van der Waals surface area contributed by atoms with Crippen LogP contribution >= 0.6 is 11.6 Å². The average Bonchev–Trinajstić information content (AvgIpc) is 2.60.